The van der Waals surface area contributed by atoms with Gasteiger partial charge in [0.2, 0.25) is 5.91 Å². The Kier molecular flexibility index (Phi) is 3.40. The van der Waals surface area contributed by atoms with Crippen molar-refractivity contribution in [2.75, 3.05) is 5.32 Å². The number of rotatable bonds is 3. The van der Waals surface area contributed by atoms with Gasteiger partial charge in [-0.2, -0.15) is 0 Å². The fraction of sp³-hybridized carbons (Fsp3) is 0.263. The lowest BCUT2D eigenvalue weighted by Crippen LogP contribution is -2.37. The minimum absolute atomic E-state index is 0.137. The van der Waals surface area contributed by atoms with Crippen molar-refractivity contribution in [2.24, 2.45) is 12.8 Å². The molecule has 128 valence electrons. The van der Waals surface area contributed by atoms with E-state index in [1.54, 1.807) is 6.07 Å². The molecule has 1 aliphatic carbocycles. The number of amides is 1. The number of carbonyl (C=O) groups excluding carboxylic acids is 1. The van der Waals surface area contributed by atoms with E-state index in [4.69, 9.17) is 5.73 Å². The lowest BCUT2D eigenvalue weighted by atomic mass is 10.1. The molecule has 0 aliphatic heterocycles. The first kappa shape index (κ1) is 15.8. The monoisotopic (exact) mass is 338 g/mol. The number of nitrogens with two attached hydrogens (primary N) is 1. The van der Waals surface area contributed by atoms with E-state index in [1.165, 1.54) is 12.1 Å². The SMILES string of the molecule is Cc1cc(-c2nc3cc(F)ccc3n2C)ccc1NC(=O)C1(N)CC1. The predicted octanol–water partition coefficient (Wildman–Crippen LogP) is 3.12. The van der Waals surface area contributed by atoms with Gasteiger partial charge < -0.3 is 15.6 Å². The third kappa shape index (κ3) is 2.68. The Balaban J connectivity index is 1.69. The standard InChI is InChI=1S/C19H19FN4O/c1-11-9-12(3-5-14(11)23-18(25)19(21)7-8-19)17-22-15-10-13(20)4-6-16(15)24(17)2/h3-6,9-10H,7-8,21H2,1-2H3,(H,23,25). The zero-order valence-corrected chi connectivity index (χ0v) is 14.1. The molecule has 5 nitrogen and oxygen atoms in total. The van der Waals surface area contributed by atoms with E-state index >= 15 is 0 Å². The Morgan fingerprint density at radius 3 is 2.72 bits per heavy atom. The van der Waals surface area contributed by atoms with Crippen LogP contribution in [-0.2, 0) is 11.8 Å². The van der Waals surface area contributed by atoms with Crippen LogP contribution in [0.4, 0.5) is 10.1 Å². The third-order valence-electron chi connectivity index (χ3n) is 4.82. The highest BCUT2D eigenvalue weighted by Gasteiger charge is 2.46. The van der Waals surface area contributed by atoms with Gasteiger partial charge in [-0.3, -0.25) is 4.79 Å². The normalized spacial score (nSPS) is 15.4. The number of aromatic nitrogens is 2. The first-order valence-electron chi connectivity index (χ1n) is 8.21. The molecule has 0 bridgehead atoms. The number of carbonyl (C=O) groups is 1. The van der Waals surface area contributed by atoms with Crippen molar-refractivity contribution >= 4 is 22.6 Å². The van der Waals surface area contributed by atoms with Crippen LogP contribution in [0.5, 0.6) is 0 Å². The second kappa shape index (κ2) is 5.39. The molecule has 1 saturated carbocycles. The lowest BCUT2D eigenvalue weighted by Gasteiger charge is -2.13. The molecule has 1 heterocycles. The molecular formula is C19H19FN4O. The van der Waals surface area contributed by atoms with E-state index in [0.717, 1.165) is 41.0 Å². The van der Waals surface area contributed by atoms with Gasteiger partial charge in [0.1, 0.15) is 11.6 Å². The molecule has 1 amide bonds. The summed E-state index contributed by atoms with van der Waals surface area (Å²) in [5.41, 5.74) is 9.29. The molecule has 0 atom stereocenters. The first-order chi connectivity index (χ1) is 11.9. The van der Waals surface area contributed by atoms with E-state index in [2.05, 4.69) is 10.3 Å². The number of nitrogens with zero attached hydrogens (tertiary/aromatic N) is 2. The Bertz CT molecular complexity index is 1000. The molecular weight excluding hydrogens is 319 g/mol. The molecule has 0 saturated heterocycles. The maximum atomic E-state index is 13.4. The molecule has 25 heavy (non-hydrogen) atoms. The van der Waals surface area contributed by atoms with Crippen molar-refractivity contribution in [2.45, 2.75) is 25.3 Å². The van der Waals surface area contributed by atoms with Crippen LogP contribution >= 0.6 is 0 Å². The minimum atomic E-state index is -0.702. The van der Waals surface area contributed by atoms with Gasteiger partial charge in [0.15, 0.2) is 0 Å². The smallest absolute Gasteiger partial charge is 0.244 e. The van der Waals surface area contributed by atoms with E-state index in [1.807, 2.05) is 36.7 Å². The van der Waals surface area contributed by atoms with Crippen LogP contribution < -0.4 is 11.1 Å². The second-order valence-corrected chi connectivity index (χ2v) is 6.77. The number of anilines is 1. The molecule has 4 rings (SSSR count). The van der Waals surface area contributed by atoms with Crippen molar-refractivity contribution < 1.29 is 9.18 Å². The summed E-state index contributed by atoms with van der Waals surface area (Å²) < 4.78 is 15.4. The largest absolute Gasteiger partial charge is 0.327 e. The summed E-state index contributed by atoms with van der Waals surface area (Å²) in [5.74, 6) is 0.308. The number of halogens is 1. The second-order valence-electron chi connectivity index (χ2n) is 6.77. The maximum Gasteiger partial charge on any atom is 0.244 e. The highest BCUT2D eigenvalue weighted by atomic mass is 19.1. The summed E-state index contributed by atoms with van der Waals surface area (Å²) in [4.78, 5) is 16.7. The summed E-state index contributed by atoms with van der Waals surface area (Å²) in [6.07, 6.45) is 1.46. The number of fused-ring (bicyclic) bond motifs is 1. The number of hydrogen-bond donors (Lipinski definition) is 2. The Hall–Kier alpha value is -2.73. The zero-order valence-electron chi connectivity index (χ0n) is 14.1. The molecule has 1 aliphatic rings. The Morgan fingerprint density at radius 1 is 1.28 bits per heavy atom. The minimum Gasteiger partial charge on any atom is -0.327 e. The Morgan fingerprint density at radius 2 is 2.04 bits per heavy atom. The summed E-state index contributed by atoms with van der Waals surface area (Å²) in [5, 5.41) is 2.90. The maximum absolute atomic E-state index is 13.4. The van der Waals surface area contributed by atoms with Crippen LogP contribution in [0.25, 0.3) is 22.4 Å². The fourth-order valence-corrected chi connectivity index (χ4v) is 2.98. The molecule has 6 heteroatoms. The van der Waals surface area contributed by atoms with Crippen molar-refractivity contribution in [1.82, 2.24) is 9.55 Å². The van der Waals surface area contributed by atoms with E-state index in [9.17, 15) is 9.18 Å². The highest BCUT2D eigenvalue weighted by Crippen LogP contribution is 2.34. The van der Waals surface area contributed by atoms with E-state index in [0.29, 0.717) is 5.52 Å². The van der Waals surface area contributed by atoms with Crippen molar-refractivity contribution in [3.8, 4) is 11.4 Å². The Labute approximate surface area is 144 Å². The number of aryl methyl sites for hydroxylation is 2. The summed E-state index contributed by atoms with van der Waals surface area (Å²) in [6, 6.07) is 10.3. The van der Waals surface area contributed by atoms with Gasteiger partial charge in [-0.05, 0) is 55.7 Å². The van der Waals surface area contributed by atoms with Crippen LogP contribution in [0.2, 0.25) is 0 Å². The van der Waals surface area contributed by atoms with Crippen molar-refractivity contribution in [3.05, 3.63) is 47.8 Å². The number of imidazole rings is 1. The van der Waals surface area contributed by atoms with Crippen LogP contribution in [0, 0.1) is 12.7 Å². The topological polar surface area (TPSA) is 72.9 Å². The van der Waals surface area contributed by atoms with Gasteiger partial charge in [-0.15, -0.1) is 0 Å². The molecule has 3 N–H and O–H groups in total. The molecule has 0 spiro atoms. The summed E-state index contributed by atoms with van der Waals surface area (Å²) >= 11 is 0. The van der Waals surface area contributed by atoms with Gasteiger partial charge >= 0.3 is 0 Å². The third-order valence-corrected chi connectivity index (χ3v) is 4.82. The highest BCUT2D eigenvalue weighted by molar-refractivity contribution is 6.00. The van der Waals surface area contributed by atoms with Crippen LogP contribution in [-0.4, -0.2) is 21.0 Å². The average Bonchev–Trinajstić information content (AvgIpc) is 3.25. The fourth-order valence-electron chi connectivity index (χ4n) is 2.98. The predicted molar refractivity (Wildman–Crippen MR) is 95.6 cm³/mol. The first-order valence-corrected chi connectivity index (χ1v) is 8.21. The van der Waals surface area contributed by atoms with Crippen molar-refractivity contribution in [3.63, 3.8) is 0 Å². The number of nitrogens with one attached hydrogen (secondary N) is 1. The van der Waals surface area contributed by atoms with Crippen LogP contribution in [0.1, 0.15) is 18.4 Å². The summed E-state index contributed by atoms with van der Waals surface area (Å²) in [6.45, 7) is 1.93. The van der Waals surface area contributed by atoms with E-state index in [-0.39, 0.29) is 11.7 Å². The lowest BCUT2D eigenvalue weighted by molar-refractivity contribution is -0.118. The average molecular weight is 338 g/mol. The molecule has 1 aromatic heterocycles. The van der Waals surface area contributed by atoms with Crippen LogP contribution in [0.3, 0.4) is 0 Å². The van der Waals surface area contributed by atoms with Gasteiger partial charge in [-0.1, -0.05) is 0 Å². The zero-order chi connectivity index (χ0) is 17.8. The molecule has 3 aromatic rings. The van der Waals surface area contributed by atoms with Gasteiger partial charge in [0.25, 0.3) is 0 Å². The molecule has 0 radical (unpaired) electrons. The molecule has 0 unspecified atom stereocenters. The van der Waals surface area contributed by atoms with Crippen LogP contribution in [0.15, 0.2) is 36.4 Å². The van der Waals surface area contributed by atoms with Gasteiger partial charge in [-0.25, -0.2) is 9.37 Å². The number of hydrogen-bond acceptors (Lipinski definition) is 3. The summed E-state index contributed by atoms with van der Waals surface area (Å²) in [7, 11) is 1.90. The number of benzene rings is 2. The van der Waals surface area contributed by atoms with E-state index < -0.39 is 5.54 Å². The van der Waals surface area contributed by atoms with Crippen molar-refractivity contribution in [1.29, 1.82) is 0 Å². The van der Waals surface area contributed by atoms with Gasteiger partial charge in [0, 0.05) is 24.4 Å². The molecule has 1 fully saturated rings. The van der Waals surface area contributed by atoms with Gasteiger partial charge in [0.05, 0.1) is 16.6 Å². The molecule has 2 aromatic carbocycles. The quantitative estimate of drug-likeness (QED) is 0.771.